The minimum absolute atomic E-state index is 0.0522. The summed E-state index contributed by atoms with van der Waals surface area (Å²) in [6.07, 6.45) is 0. The highest BCUT2D eigenvalue weighted by atomic mass is 32.2. The lowest BCUT2D eigenvalue weighted by atomic mass is 10.1. The van der Waals surface area contributed by atoms with E-state index in [-0.39, 0.29) is 11.7 Å². The van der Waals surface area contributed by atoms with Crippen LogP contribution in [0.25, 0.3) is 38.4 Å². The molecule has 6 aromatic rings. The second kappa shape index (κ2) is 8.47. The zero-order chi connectivity index (χ0) is 23.1. The Bertz CT molecular complexity index is 1690. The maximum Gasteiger partial charge on any atom is 0.237 e. The molecule has 0 radical (unpaired) electrons. The van der Waals surface area contributed by atoms with E-state index in [4.69, 9.17) is 9.97 Å². The monoisotopic (exact) mass is 462 g/mol. The van der Waals surface area contributed by atoms with Crippen molar-refractivity contribution in [2.24, 2.45) is 0 Å². The third kappa shape index (κ3) is 3.38. The normalized spacial score (nSPS) is 11.6. The molecule has 0 aliphatic rings. The number of hydrogen-bond acceptors (Lipinski definition) is 4. The molecule has 0 saturated heterocycles. The zero-order valence-corrected chi connectivity index (χ0v) is 19.5. The van der Waals surface area contributed by atoms with Gasteiger partial charge in [-0.3, -0.25) is 9.20 Å². The van der Waals surface area contributed by atoms with Gasteiger partial charge in [-0.2, -0.15) is 0 Å². The minimum atomic E-state index is 0.0522. The lowest BCUT2D eigenvalue weighted by Crippen LogP contribution is -2.32. The van der Waals surface area contributed by atoms with Crippen molar-refractivity contribution in [2.45, 2.75) is 12.1 Å². The number of amides is 1. The number of nitrogens with zero attached hydrogens (tertiary/aromatic N) is 4. The van der Waals surface area contributed by atoms with Gasteiger partial charge in [-0.05, 0) is 42.6 Å². The molecular weight excluding hydrogens is 440 g/mol. The first kappa shape index (κ1) is 20.7. The summed E-state index contributed by atoms with van der Waals surface area (Å²) in [5.74, 6) is 0.334. The van der Waals surface area contributed by atoms with Crippen LogP contribution in [0.15, 0.2) is 96.2 Å². The highest BCUT2D eigenvalue weighted by Gasteiger charge is 2.19. The van der Waals surface area contributed by atoms with Crippen LogP contribution in [0.3, 0.4) is 0 Å². The predicted octanol–water partition coefficient (Wildman–Crippen LogP) is 6.33. The molecule has 0 atom stereocenters. The van der Waals surface area contributed by atoms with Gasteiger partial charge in [-0.15, -0.1) is 0 Å². The topological polar surface area (TPSA) is 50.5 Å². The number of thioether (sulfide) groups is 1. The van der Waals surface area contributed by atoms with Gasteiger partial charge in [-0.25, -0.2) is 9.97 Å². The Hall–Kier alpha value is -3.90. The van der Waals surface area contributed by atoms with E-state index in [9.17, 15) is 4.79 Å². The number of hydrogen-bond donors (Lipinski definition) is 0. The number of aromatic nitrogens is 3. The third-order valence-corrected chi connectivity index (χ3v) is 7.04. The van der Waals surface area contributed by atoms with Crippen molar-refractivity contribution in [2.75, 3.05) is 17.2 Å². The summed E-state index contributed by atoms with van der Waals surface area (Å²) in [5.41, 5.74) is 4.59. The molecule has 0 aliphatic carbocycles. The molecule has 1 amide bonds. The Morgan fingerprint density at radius 2 is 1.53 bits per heavy atom. The molecule has 6 heteroatoms. The Morgan fingerprint density at radius 1 is 0.824 bits per heavy atom. The number of rotatable bonds is 5. The number of imidazole rings is 1. The molecule has 0 aliphatic heterocycles. The van der Waals surface area contributed by atoms with Gasteiger partial charge in [0.25, 0.3) is 0 Å². The van der Waals surface area contributed by atoms with Crippen LogP contribution >= 0.6 is 11.8 Å². The molecular formula is C28H22N4OS. The molecule has 4 aromatic carbocycles. The van der Waals surface area contributed by atoms with E-state index in [1.165, 1.54) is 11.8 Å². The molecule has 0 N–H and O–H groups in total. The molecule has 34 heavy (non-hydrogen) atoms. The van der Waals surface area contributed by atoms with Gasteiger partial charge >= 0.3 is 0 Å². The van der Waals surface area contributed by atoms with Crippen LogP contribution < -0.4 is 4.90 Å². The smallest absolute Gasteiger partial charge is 0.237 e. The number of anilines is 1. The largest absolute Gasteiger partial charge is 0.311 e. The molecule has 0 saturated carbocycles. The number of carbonyl (C=O) groups excluding carboxylic acids is 1. The number of fused-ring (bicyclic) bond motifs is 6. The number of benzene rings is 4. The van der Waals surface area contributed by atoms with Gasteiger partial charge in [0, 0.05) is 17.3 Å². The van der Waals surface area contributed by atoms with E-state index < -0.39 is 0 Å². The van der Waals surface area contributed by atoms with Crippen LogP contribution in [0.4, 0.5) is 5.69 Å². The highest BCUT2D eigenvalue weighted by molar-refractivity contribution is 7.99. The van der Waals surface area contributed by atoms with Crippen molar-refractivity contribution in [1.82, 2.24) is 14.4 Å². The van der Waals surface area contributed by atoms with Gasteiger partial charge in [0.15, 0.2) is 5.16 Å². The van der Waals surface area contributed by atoms with Crippen molar-refractivity contribution in [3.05, 3.63) is 91.0 Å². The molecule has 0 spiro atoms. The summed E-state index contributed by atoms with van der Waals surface area (Å²) in [4.78, 5) is 25.1. The Morgan fingerprint density at radius 3 is 2.38 bits per heavy atom. The van der Waals surface area contributed by atoms with E-state index in [0.717, 1.165) is 49.2 Å². The first-order valence-corrected chi connectivity index (χ1v) is 12.3. The van der Waals surface area contributed by atoms with E-state index in [1.807, 2.05) is 84.6 Å². The lowest BCUT2D eigenvalue weighted by Gasteiger charge is -2.22. The van der Waals surface area contributed by atoms with Crippen molar-refractivity contribution >= 4 is 61.7 Å². The third-order valence-electron chi connectivity index (χ3n) is 6.11. The highest BCUT2D eigenvalue weighted by Crippen LogP contribution is 2.31. The molecule has 166 valence electrons. The van der Waals surface area contributed by atoms with Crippen molar-refractivity contribution in [1.29, 1.82) is 0 Å². The van der Waals surface area contributed by atoms with E-state index in [1.54, 1.807) is 0 Å². The molecule has 0 bridgehead atoms. The van der Waals surface area contributed by atoms with Crippen molar-refractivity contribution < 1.29 is 4.79 Å². The zero-order valence-electron chi connectivity index (χ0n) is 18.7. The summed E-state index contributed by atoms with van der Waals surface area (Å²) in [6, 6.07) is 30.4. The van der Waals surface area contributed by atoms with Crippen LogP contribution in [0.2, 0.25) is 0 Å². The average Bonchev–Trinajstić information content (AvgIpc) is 3.28. The summed E-state index contributed by atoms with van der Waals surface area (Å²) in [5, 5.41) is 3.98. The fourth-order valence-corrected chi connectivity index (χ4v) is 5.42. The summed E-state index contributed by atoms with van der Waals surface area (Å²) in [7, 11) is 0. The fourth-order valence-electron chi connectivity index (χ4n) is 4.54. The predicted molar refractivity (Wildman–Crippen MR) is 141 cm³/mol. The van der Waals surface area contributed by atoms with Crippen LogP contribution in [-0.4, -0.2) is 32.6 Å². The fraction of sp³-hybridized carbons (Fsp3) is 0.107. The molecule has 0 fully saturated rings. The second-order valence-corrected chi connectivity index (χ2v) is 9.04. The van der Waals surface area contributed by atoms with Gasteiger partial charge in [0.2, 0.25) is 5.91 Å². The first-order valence-electron chi connectivity index (χ1n) is 11.3. The Labute approximate surface area is 201 Å². The lowest BCUT2D eigenvalue weighted by molar-refractivity contribution is -0.116. The van der Waals surface area contributed by atoms with Gasteiger partial charge in [0.1, 0.15) is 5.65 Å². The quantitative estimate of drug-likeness (QED) is 0.222. The first-order chi connectivity index (χ1) is 16.7. The SMILES string of the molecule is CCN(C(=O)CSc1nc2ccccc2c2nc3ccccc3n12)c1cccc2ccccc12. The Kier molecular flexibility index (Phi) is 5.15. The van der Waals surface area contributed by atoms with E-state index >= 15 is 0 Å². The van der Waals surface area contributed by atoms with Crippen molar-refractivity contribution in [3.63, 3.8) is 0 Å². The number of para-hydroxylation sites is 3. The van der Waals surface area contributed by atoms with Crippen molar-refractivity contribution in [3.8, 4) is 0 Å². The van der Waals surface area contributed by atoms with E-state index in [2.05, 4.69) is 22.6 Å². The molecule has 2 aromatic heterocycles. The summed E-state index contributed by atoms with van der Waals surface area (Å²) in [6.45, 7) is 2.61. The Balaban J connectivity index is 1.40. The molecule has 0 unspecified atom stereocenters. The second-order valence-electron chi connectivity index (χ2n) is 8.10. The van der Waals surface area contributed by atoms with Crippen LogP contribution in [-0.2, 0) is 4.79 Å². The van der Waals surface area contributed by atoms with Crippen LogP contribution in [0.1, 0.15) is 6.92 Å². The number of carbonyl (C=O) groups is 1. The molecule has 5 nitrogen and oxygen atoms in total. The maximum absolute atomic E-state index is 13.4. The molecule has 2 heterocycles. The summed E-state index contributed by atoms with van der Waals surface area (Å²) >= 11 is 1.46. The van der Waals surface area contributed by atoms with Gasteiger partial charge in [-0.1, -0.05) is 72.4 Å². The van der Waals surface area contributed by atoms with Gasteiger partial charge < -0.3 is 4.90 Å². The maximum atomic E-state index is 13.4. The molecule has 6 rings (SSSR count). The van der Waals surface area contributed by atoms with Crippen LogP contribution in [0.5, 0.6) is 0 Å². The minimum Gasteiger partial charge on any atom is -0.311 e. The van der Waals surface area contributed by atoms with Crippen LogP contribution in [0, 0.1) is 0 Å². The summed E-state index contributed by atoms with van der Waals surface area (Å²) < 4.78 is 2.07. The van der Waals surface area contributed by atoms with Gasteiger partial charge in [0.05, 0.1) is 28.0 Å². The van der Waals surface area contributed by atoms with E-state index in [0.29, 0.717) is 6.54 Å². The average molecular weight is 463 g/mol. The standard InChI is InChI=1S/C28H22N4OS/c1-2-31(24-17-9-11-19-10-3-4-12-20(19)24)26(33)18-34-28-30-22-14-6-5-13-21(22)27-29-23-15-7-8-16-25(23)32(27)28/h3-17H,2,18H2,1H3.